The van der Waals surface area contributed by atoms with E-state index in [0.29, 0.717) is 53.6 Å². The molecule has 4 rings (SSSR count). The zero-order valence-corrected chi connectivity index (χ0v) is 26.6. The Hall–Kier alpha value is -4.01. The van der Waals surface area contributed by atoms with Crippen LogP contribution in [0.25, 0.3) is 6.08 Å². The van der Waals surface area contributed by atoms with Crippen LogP contribution in [0, 0.1) is 12.3 Å². The average Bonchev–Trinajstić information content (AvgIpc) is 3.26. The molecule has 1 aromatic heterocycles. The average molecular weight is 656 g/mol. The van der Waals surface area contributed by atoms with Crippen LogP contribution in [0.3, 0.4) is 0 Å². The van der Waals surface area contributed by atoms with Gasteiger partial charge in [0.25, 0.3) is 5.56 Å². The number of thiazole rings is 1. The second kappa shape index (κ2) is 13.3. The number of methoxy groups -OCH3 is 2. The number of hydrogen-bond donors (Lipinski definition) is 0. The normalized spacial score (nSPS) is 14.6. The van der Waals surface area contributed by atoms with Crippen LogP contribution in [0.2, 0.25) is 0 Å². The van der Waals surface area contributed by atoms with Crippen molar-refractivity contribution in [3.8, 4) is 35.3 Å². The van der Waals surface area contributed by atoms with E-state index >= 15 is 0 Å². The highest BCUT2D eigenvalue weighted by molar-refractivity contribution is 9.10. The fourth-order valence-corrected chi connectivity index (χ4v) is 5.98. The summed E-state index contributed by atoms with van der Waals surface area (Å²) in [5.41, 5.74) is 1.74. The maximum absolute atomic E-state index is 14.0. The summed E-state index contributed by atoms with van der Waals surface area (Å²) in [5.74, 6) is 3.84. The number of hydrogen-bond acceptors (Lipinski definition) is 9. The Kier molecular flexibility index (Phi) is 9.81. The number of esters is 1. The Morgan fingerprint density at radius 3 is 2.52 bits per heavy atom. The molecule has 42 heavy (non-hydrogen) atoms. The van der Waals surface area contributed by atoms with Crippen LogP contribution in [0.5, 0.6) is 23.0 Å². The van der Waals surface area contributed by atoms with Gasteiger partial charge in [-0.25, -0.2) is 9.79 Å². The van der Waals surface area contributed by atoms with E-state index in [1.807, 2.05) is 19.9 Å². The molecule has 9 nitrogen and oxygen atoms in total. The van der Waals surface area contributed by atoms with Crippen LogP contribution < -0.4 is 33.8 Å². The number of fused-ring (bicyclic) bond motifs is 1. The minimum Gasteiger partial charge on any atom is -0.493 e. The van der Waals surface area contributed by atoms with E-state index in [9.17, 15) is 9.59 Å². The number of carbonyl (C=O) groups excluding carboxylic acids is 1. The van der Waals surface area contributed by atoms with Crippen molar-refractivity contribution in [3.05, 3.63) is 76.9 Å². The van der Waals surface area contributed by atoms with Crippen LogP contribution in [-0.2, 0) is 9.53 Å². The molecule has 0 unspecified atom stereocenters. The van der Waals surface area contributed by atoms with Gasteiger partial charge in [-0.15, -0.1) is 6.42 Å². The Morgan fingerprint density at radius 1 is 1.17 bits per heavy atom. The van der Waals surface area contributed by atoms with Gasteiger partial charge in [0.2, 0.25) is 0 Å². The molecule has 0 N–H and O–H groups in total. The number of halogens is 1. The second-order valence-corrected chi connectivity index (χ2v) is 11.3. The molecule has 1 atom stereocenters. The second-order valence-electron chi connectivity index (χ2n) is 9.40. The molecule has 0 saturated heterocycles. The van der Waals surface area contributed by atoms with Gasteiger partial charge in [0, 0.05) is 4.47 Å². The highest BCUT2D eigenvalue weighted by Crippen LogP contribution is 2.37. The minimum absolute atomic E-state index is 0.0736. The van der Waals surface area contributed by atoms with E-state index in [1.165, 1.54) is 23.0 Å². The maximum Gasteiger partial charge on any atom is 0.338 e. The summed E-state index contributed by atoms with van der Waals surface area (Å²) in [4.78, 5) is 32.4. The highest BCUT2D eigenvalue weighted by Gasteiger charge is 2.34. The van der Waals surface area contributed by atoms with Crippen LogP contribution >= 0.6 is 27.3 Å². The SMILES string of the molecule is C#CCOc1cc(Br)c(/C=c2\sc3n(c2=O)[C@@H](c2ccc(OC(C)C)c(OC)c2)C(C(=O)OCC)=C(C)N=3)cc1OC. The lowest BCUT2D eigenvalue weighted by molar-refractivity contribution is -0.139. The predicted octanol–water partition coefficient (Wildman–Crippen LogP) is 4.38. The lowest BCUT2D eigenvalue weighted by Gasteiger charge is -2.25. The predicted molar refractivity (Wildman–Crippen MR) is 164 cm³/mol. The number of allylic oxidation sites excluding steroid dienone is 1. The van der Waals surface area contributed by atoms with Crippen molar-refractivity contribution in [2.45, 2.75) is 39.8 Å². The van der Waals surface area contributed by atoms with Gasteiger partial charge in [-0.1, -0.05) is 39.3 Å². The number of aromatic nitrogens is 1. The molecule has 0 saturated carbocycles. The highest BCUT2D eigenvalue weighted by atomic mass is 79.9. The molecule has 220 valence electrons. The lowest BCUT2D eigenvalue weighted by atomic mass is 9.95. The lowest BCUT2D eigenvalue weighted by Crippen LogP contribution is -2.40. The molecule has 11 heteroatoms. The Labute approximate surface area is 256 Å². The molecule has 1 aliphatic rings. The van der Waals surface area contributed by atoms with E-state index in [-0.39, 0.29) is 30.5 Å². The minimum atomic E-state index is -0.804. The molecule has 0 amide bonds. The first-order valence-electron chi connectivity index (χ1n) is 13.1. The van der Waals surface area contributed by atoms with Gasteiger partial charge in [-0.3, -0.25) is 9.36 Å². The molecule has 2 heterocycles. The fraction of sp³-hybridized carbons (Fsp3) is 0.323. The first-order valence-corrected chi connectivity index (χ1v) is 14.7. The Balaban J connectivity index is 1.93. The molecule has 0 fully saturated rings. The fourth-order valence-electron chi connectivity index (χ4n) is 4.51. The van der Waals surface area contributed by atoms with Crippen molar-refractivity contribution >= 4 is 39.3 Å². The third kappa shape index (κ3) is 6.25. The summed E-state index contributed by atoms with van der Waals surface area (Å²) in [6, 6.07) is 8.04. The van der Waals surface area contributed by atoms with Crippen LogP contribution in [0.15, 0.2) is 55.9 Å². The molecule has 3 aromatic rings. The summed E-state index contributed by atoms with van der Waals surface area (Å²) in [6.07, 6.45) is 6.99. The van der Waals surface area contributed by atoms with Gasteiger partial charge in [0.05, 0.1) is 48.8 Å². The molecular weight excluding hydrogens is 624 g/mol. The molecule has 0 bridgehead atoms. The van der Waals surface area contributed by atoms with Crippen molar-refractivity contribution < 1.29 is 28.5 Å². The van der Waals surface area contributed by atoms with Crippen LogP contribution in [0.4, 0.5) is 0 Å². The van der Waals surface area contributed by atoms with Gasteiger partial charge >= 0.3 is 5.97 Å². The van der Waals surface area contributed by atoms with Crippen molar-refractivity contribution in [1.82, 2.24) is 4.57 Å². The van der Waals surface area contributed by atoms with Crippen molar-refractivity contribution in [2.75, 3.05) is 27.4 Å². The largest absolute Gasteiger partial charge is 0.493 e. The number of ether oxygens (including phenoxy) is 5. The van der Waals surface area contributed by atoms with Gasteiger partial charge in [0.1, 0.15) is 6.61 Å². The van der Waals surface area contributed by atoms with Crippen molar-refractivity contribution in [1.29, 1.82) is 0 Å². The smallest absolute Gasteiger partial charge is 0.338 e. The summed E-state index contributed by atoms with van der Waals surface area (Å²) in [6.45, 7) is 7.56. The summed E-state index contributed by atoms with van der Waals surface area (Å²) < 4.78 is 30.5. The number of terminal acetylenes is 1. The zero-order valence-electron chi connectivity index (χ0n) is 24.1. The van der Waals surface area contributed by atoms with Crippen LogP contribution in [0.1, 0.15) is 44.9 Å². The molecule has 0 spiro atoms. The topological polar surface area (TPSA) is 97.6 Å². The number of rotatable bonds is 10. The Morgan fingerprint density at radius 2 is 1.88 bits per heavy atom. The van der Waals surface area contributed by atoms with Gasteiger partial charge in [-0.2, -0.15) is 0 Å². The third-order valence-electron chi connectivity index (χ3n) is 6.26. The molecule has 2 aromatic carbocycles. The first kappa shape index (κ1) is 30.9. The number of nitrogens with zero attached hydrogens (tertiary/aromatic N) is 2. The maximum atomic E-state index is 14.0. The zero-order chi connectivity index (χ0) is 30.6. The molecule has 1 aliphatic heterocycles. The van der Waals surface area contributed by atoms with Crippen molar-refractivity contribution in [3.63, 3.8) is 0 Å². The van der Waals surface area contributed by atoms with Gasteiger partial charge in [0.15, 0.2) is 27.8 Å². The van der Waals surface area contributed by atoms with E-state index < -0.39 is 12.0 Å². The summed E-state index contributed by atoms with van der Waals surface area (Å²) in [5, 5.41) is 0. The number of carbonyl (C=O) groups is 1. The summed E-state index contributed by atoms with van der Waals surface area (Å²) >= 11 is 4.77. The monoisotopic (exact) mass is 654 g/mol. The summed E-state index contributed by atoms with van der Waals surface area (Å²) in [7, 11) is 3.06. The number of benzene rings is 2. The van der Waals surface area contributed by atoms with Gasteiger partial charge < -0.3 is 23.7 Å². The van der Waals surface area contributed by atoms with E-state index in [4.69, 9.17) is 30.1 Å². The molecular formula is C31H31BrN2O7S. The standard InChI is InChI=1S/C31H31BrN2O7S/c1-8-12-40-25-16-21(32)20(14-24(25)38-7)15-26-29(35)34-28(19-10-11-22(41-17(3)4)23(13-19)37-6)27(30(36)39-9-2)18(5)33-31(34)42-26/h1,10-11,13-17,28H,9,12H2,2-7H3/b26-15-/t28-/m0/s1. The van der Waals surface area contributed by atoms with Crippen LogP contribution in [-0.4, -0.2) is 44.1 Å². The molecule has 0 radical (unpaired) electrons. The Bertz CT molecular complexity index is 1760. The van der Waals surface area contributed by atoms with E-state index in [1.54, 1.807) is 51.3 Å². The van der Waals surface area contributed by atoms with Crippen molar-refractivity contribution in [2.24, 2.45) is 4.99 Å². The molecule has 0 aliphatic carbocycles. The van der Waals surface area contributed by atoms with Gasteiger partial charge in [-0.05, 0) is 69.2 Å². The quantitative estimate of drug-likeness (QED) is 0.236. The van der Waals surface area contributed by atoms with E-state index in [2.05, 4.69) is 26.8 Å². The first-order chi connectivity index (χ1) is 20.1. The van der Waals surface area contributed by atoms with E-state index in [0.717, 1.165) is 0 Å². The third-order valence-corrected chi connectivity index (χ3v) is 7.93.